The van der Waals surface area contributed by atoms with Crippen LogP contribution < -0.4 is 10.6 Å². The maximum Gasteiger partial charge on any atom is 0.227 e. The number of carbonyl (C=O) groups excluding carboxylic acids is 2. The van der Waals surface area contributed by atoms with Crippen LogP contribution in [0.4, 0.5) is 14.5 Å². The highest BCUT2D eigenvalue weighted by molar-refractivity contribution is 5.93. The molecule has 0 heterocycles. The summed E-state index contributed by atoms with van der Waals surface area (Å²) in [7, 11) is 3.97. The number of halogens is 2. The molecular weight excluding hydrogens is 340 g/mol. The van der Waals surface area contributed by atoms with E-state index in [0.29, 0.717) is 32.2 Å². The Morgan fingerprint density at radius 3 is 2.12 bits per heavy atom. The maximum atomic E-state index is 13.6. The molecule has 7 heteroatoms. The summed E-state index contributed by atoms with van der Waals surface area (Å²) >= 11 is 0. The van der Waals surface area contributed by atoms with E-state index in [-0.39, 0.29) is 23.7 Å². The Morgan fingerprint density at radius 1 is 1.04 bits per heavy atom. The summed E-state index contributed by atoms with van der Waals surface area (Å²) in [5.74, 6) is -2.36. The average Bonchev–Trinajstić information content (AvgIpc) is 2.61. The van der Waals surface area contributed by atoms with Crippen LogP contribution in [0.5, 0.6) is 0 Å². The number of hydrogen-bond donors (Lipinski definition) is 2. The molecule has 0 unspecified atom stereocenters. The molecule has 0 radical (unpaired) electrons. The molecule has 2 amide bonds. The highest BCUT2D eigenvalue weighted by Gasteiger charge is 2.30. The van der Waals surface area contributed by atoms with Gasteiger partial charge in [0, 0.05) is 18.4 Å². The zero-order valence-corrected chi connectivity index (χ0v) is 15.4. The van der Waals surface area contributed by atoms with E-state index in [4.69, 9.17) is 0 Å². The Hall–Kier alpha value is -2.02. The van der Waals surface area contributed by atoms with Gasteiger partial charge in [-0.1, -0.05) is 6.07 Å². The Labute approximate surface area is 153 Å². The van der Waals surface area contributed by atoms with E-state index in [1.807, 2.05) is 14.1 Å². The van der Waals surface area contributed by atoms with Crippen molar-refractivity contribution >= 4 is 17.5 Å². The monoisotopic (exact) mass is 367 g/mol. The van der Waals surface area contributed by atoms with Crippen molar-refractivity contribution in [3.8, 4) is 0 Å². The Morgan fingerprint density at radius 2 is 1.58 bits per heavy atom. The van der Waals surface area contributed by atoms with E-state index < -0.39 is 17.3 Å². The lowest BCUT2D eigenvalue weighted by Crippen LogP contribution is -2.36. The van der Waals surface area contributed by atoms with Crippen molar-refractivity contribution in [3.63, 3.8) is 0 Å². The summed E-state index contributed by atoms with van der Waals surface area (Å²) in [5, 5.41) is 5.29. The van der Waals surface area contributed by atoms with Gasteiger partial charge < -0.3 is 15.5 Å². The predicted octanol–water partition coefficient (Wildman–Crippen LogP) is 2.78. The van der Waals surface area contributed by atoms with Crippen LogP contribution in [-0.2, 0) is 9.59 Å². The second-order valence-electron chi connectivity index (χ2n) is 7.08. The van der Waals surface area contributed by atoms with Crippen LogP contribution in [0.1, 0.15) is 32.1 Å². The Kier molecular flexibility index (Phi) is 7.50. The van der Waals surface area contributed by atoms with Crippen LogP contribution in [0.3, 0.4) is 0 Å². The molecule has 0 aliphatic heterocycles. The number of benzene rings is 1. The highest BCUT2D eigenvalue weighted by Crippen LogP contribution is 2.30. The van der Waals surface area contributed by atoms with E-state index >= 15 is 0 Å². The van der Waals surface area contributed by atoms with Crippen molar-refractivity contribution in [2.75, 3.05) is 32.5 Å². The number of rotatable bonds is 7. The molecule has 1 aliphatic carbocycles. The van der Waals surface area contributed by atoms with Gasteiger partial charge in [0.1, 0.15) is 17.3 Å². The smallest absolute Gasteiger partial charge is 0.227 e. The summed E-state index contributed by atoms with van der Waals surface area (Å²) in [6.07, 6.45) is 3.19. The van der Waals surface area contributed by atoms with Crippen LogP contribution in [0, 0.1) is 23.5 Å². The fraction of sp³-hybridized carbons (Fsp3) is 0.579. The minimum absolute atomic E-state index is 0.0303. The maximum absolute atomic E-state index is 13.6. The molecule has 26 heavy (non-hydrogen) atoms. The number of hydrogen-bond acceptors (Lipinski definition) is 3. The van der Waals surface area contributed by atoms with Gasteiger partial charge in [0.05, 0.1) is 0 Å². The molecule has 5 nitrogen and oxygen atoms in total. The SMILES string of the molecule is CN(C)CCCNC(=O)C1CCC(C(=O)Nc2c(F)cccc2F)CC1. The van der Waals surface area contributed by atoms with Gasteiger partial charge in [0.25, 0.3) is 0 Å². The van der Waals surface area contributed by atoms with Crippen LogP contribution in [0.15, 0.2) is 18.2 Å². The summed E-state index contributed by atoms with van der Waals surface area (Å²) in [5.41, 5.74) is -0.404. The van der Waals surface area contributed by atoms with Gasteiger partial charge in [-0.05, 0) is 64.9 Å². The Bertz CT molecular complexity index is 609. The van der Waals surface area contributed by atoms with Gasteiger partial charge in [-0.2, -0.15) is 0 Å². The third kappa shape index (κ3) is 5.76. The molecule has 2 N–H and O–H groups in total. The summed E-state index contributed by atoms with van der Waals surface area (Å²) < 4.78 is 27.3. The molecule has 1 aromatic carbocycles. The van der Waals surface area contributed by atoms with Gasteiger partial charge in [-0.25, -0.2) is 8.78 Å². The molecule has 0 atom stereocenters. The lowest BCUT2D eigenvalue weighted by molar-refractivity contribution is -0.128. The molecule has 144 valence electrons. The van der Waals surface area contributed by atoms with Crippen molar-refractivity contribution in [3.05, 3.63) is 29.8 Å². The predicted molar refractivity (Wildman–Crippen MR) is 96.6 cm³/mol. The molecular formula is C19H27F2N3O2. The fourth-order valence-electron chi connectivity index (χ4n) is 3.21. The third-order valence-electron chi connectivity index (χ3n) is 4.76. The summed E-state index contributed by atoms with van der Waals surface area (Å²) in [6.45, 7) is 1.56. The number of nitrogens with zero attached hydrogens (tertiary/aromatic N) is 1. The van der Waals surface area contributed by atoms with Crippen LogP contribution >= 0.6 is 0 Å². The third-order valence-corrected chi connectivity index (χ3v) is 4.76. The lowest BCUT2D eigenvalue weighted by Gasteiger charge is -2.27. The molecule has 0 spiro atoms. The molecule has 0 saturated heterocycles. The zero-order valence-electron chi connectivity index (χ0n) is 15.4. The van der Waals surface area contributed by atoms with Crippen LogP contribution in [0.2, 0.25) is 0 Å². The normalized spacial score (nSPS) is 20.0. The first-order valence-corrected chi connectivity index (χ1v) is 9.05. The first-order chi connectivity index (χ1) is 12.4. The van der Waals surface area contributed by atoms with E-state index in [1.54, 1.807) is 0 Å². The summed E-state index contributed by atoms with van der Waals surface area (Å²) in [4.78, 5) is 26.5. The molecule has 2 rings (SSSR count). The average molecular weight is 367 g/mol. The largest absolute Gasteiger partial charge is 0.356 e. The van der Waals surface area contributed by atoms with E-state index in [0.717, 1.165) is 25.1 Å². The number of anilines is 1. The van der Waals surface area contributed by atoms with Crippen molar-refractivity contribution in [2.24, 2.45) is 11.8 Å². The number of carbonyl (C=O) groups is 2. The van der Waals surface area contributed by atoms with Crippen molar-refractivity contribution in [2.45, 2.75) is 32.1 Å². The quantitative estimate of drug-likeness (QED) is 0.729. The van der Waals surface area contributed by atoms with Gasteiger partial charge in [-0.15, -0.1) is 0 Å². The second kappa shape index (κ2) is 9.62. The molecule has 1 fully saturated rings. The second-order valence-corrected chi connectivity index (χ2v) is 7.08. The first-order valence-electron chi connectivity index (χ1n) is 9.05. The van der Waals surface area contributed by atoms with Gasteiger partial charge >= 0.3 is 0 Å². The van der Waals surface area contributed by atoms with E-state index in [9.17, 15) is 18.4 Å². The fourth-order valence-corrected chi connectivity index (χ4v) is 3.21. The van der Waals surface area contributed by atoms with Crippen LogP contribution in [-0.4, -0.2) is 43.9 Å². The van der Waals surface area contributed by atoms with Crippen molar-refractivity contribution < 1.29 is 18.4 Å². The first kappa shape index (κ1) is 20.3. The minimum Gasteiger partial charge on any atom is -0.356 e. The number of nitrogens with one attached hydrogen (secondary N) is 2. The van der Waals surface area contributed by atoms with Crippen molar-refractivity contribution in [1.29, 1.82) is 0 Å². The Balaban J connectivity index is 1.77. The number of amides is 2. The van der Waals surface area contributed by atoms with Crippen LogP contribution in [0.25, 0.3) is 0 Å². The van der Waals surface area contributed by atoms with E-state index in [1.165, 1.54) is 6.07 Å². The topological polar surface area (TPSA) is 61.4 Å². The molecule has 1 saturated carbocycles. The highest BCUT2D eigenvalue weighted by atomic mass is 19.1. The molecule has 1 aromatic rings. The number of para-hydroxylation sites is 1. The van der Waals surface area contributed by atoms with Gasteiger partial charge in [0.2, 0.25) is 11.8 Å². The summed E-state index contributed by atoms with van der Waals surface area (Å²) in [6, 6.07) is 3.47. The molecule has 1 aliphatic rings. The van der Waals surface area contributed by atoms with Gasteiger partial charge in [-0.3, -0.25) is 9.59 Å². The lowest BCUT2D eigenvalue weighted by atomic mass is 9.81. The minimum atomic E-state index is -0.788. The standard InChI is InChI=1S/C19H27F2N3O2/c1-24(2)12-4-11-22-18(25)13-7-9-14(10-8-13)19(26)23-17-15(20)5-3-6-16(17)21/h3,5-6,13-14H,4,7-12H2,1-2H3,(H,22,25)(H,23,26). The molecule has 0 aromatic heterocycles. The van der Waals surface area contributed by atoms with Gasteiger partial charge in [0.15, 0.2) is 0 Å². The zero-order chi connectivity index (χ0) is 19.1. The van der Waals surface area contributed by atoms with E-state index in [2.05, 4.69) is 15.5 Å². The molecule has 0 bridgehead atoms. The van der Waals surface area contributed by atoms with Crippen molar-refractivity contribution in [1.82, 2.24) is 10.2 Å².